The van der Waals surface area contributed by atoms with Gasteiger partial charge in [-0.1, -0.05) is 12.1 Å². The van der Waals surface area contributed by atoms with Gasteiger partial charge < -0.3 is 20.0 Å². The van der Waals surface area contributed by atoms with Gasteiger partial charge in [-0.05, 0) is 19.1 Å². The molecule has 1 N–H and O–H groups in total. The van der Waals surface area contributed by atoms with Gasteiger partial charge >= 0.3 is 0 Å². The van der Waals surface area contributed by atoms with Gasteiger partial charge in [-0.2, -0.15) is 0 Å². The van der Waals surface area contributed by atoms with E-state index in [0.29, 0.717) is 18.0 Å². The Labute approximate surface area is 76.1 Å². The molecule has 0 unspecified atom stereocenters. The molecular weight excluding hydrogens is 170 g/mol. The third-order valence-corrected chi connectivity index (χ3v) is 1.42. The number of amides is 1. The minimum atomic E-state index is -1.34. The fourth-order valence-electron chi connectivity index (χ4n) is 0.961. The summed E-state index contributed by atoms with van der Waals surface area (Å²) in [5, 5.41) is 12.4. The molecule has 0 saturated heterocycles. The number of carbonyl (C=O) groups is 1. The van der Waals surface area contributed by atoms with Crippen LogP contribution in [0.15, 0.2) is 24.3 Å². The lowest BCUT2D eigenvalue weighted by atomic mass is 10.3. The van der Waals surface area contributed by atoms with Crippen LogP contribution in [-0.2, 0) is 0 Å². The zero-order valence-electron chi connectivity index (χ0n) is 7.24. The predicted octanol–water partition coefficient (Wildman–Crippen LogP) is 0.840. The van der Waals surface area contributed by atoms with E-state index in [2.05, 4.69) is 5.32 Å². The van der Waals surface area contributed by atoms with Crippen LogP contribution in [0.25, 0.3) is 0 Å². The molecule has 0 aromatic heterocycles. The van der Waals surface area contributed by atoms with E-state index in [1.54, 1.807) is 24.3 Å². The highest BCUT2D eigenvalue weighted by atomic mass is 16.5. The number of anilines is 1. The first-order chi connectivity index (χ1) is 6.24. The third kappa shape index (κ3) is 2.66. The Bertz CT molecular complexity index is 299. The van der Waals surface area contributed by atoms with E-state index in [1.165, 1.54) is 0 Å². The first kappa shape index (κ1) is 9.38. The minimum absolute atomic E-state index is 0.407. The summed E-state index contributed by atoms with van der Waals surface area (Å²) in [6.07, 6.45) is -1.34. The molecule has 0 spiro atoms. The van der Waals surface area contributed by atoms with Crippen LogP contribution >= 0.6 is 0 Å². The van der Waals surface area contributed by atoms with Gasteiger partial charge in [0.2, 0.25) is 0 Å². The van der Waals surface area contributed by atoms with E-state index in [9.17, 15) is 9.90 Å². The average Bonchev–Trinajstić information content (AvgIpc) is 2.08. The number of rotatable bonds is 3. The Morgan fingerprint density at radius 1 is 1.54 bits per heavy atom. The lowest BCUT2D eigenvalue weighted by molar-refractivity contribution is -0.242. The van der Waals surface area contributed by atoms with E-state index < -0.39 is 6.09 Å². The Kier molecular flexibility index (Phi) is 3.14. The van der Waals surface area contributed by atoms with Crippen LogP contribution in [0.1, 0.15) is 6.92 Å². The van der Waals surface area contributed by atoms with Gasteiger partial charge in [0.1, 0.15) is 11.8 Å². The van der Waals surface area contributed by atoms with Gasteiger partial charge in [0, 0.05) is 0 Å². The number of hydrogen-bond acceptors (Lipinski definition) is 3. The zero-order chi connectivity index (χ0) is 9.68. The smallest absolute Gasteiger partial charge is 0.142 e. The Hall–Kier alpha value is -1.71. The summed E-state index contributed by atoms with van der Waals surface area (Å²) in [6, 6.07) is 6.79. The van der Waals surface area contributed by atoms with Gasteiger partial charge in [0.05, 0.1) is 12.3 Å². The lowest BCUT2D eigenvalue weighted by Gasteiger charge is -2.11. The molecule has 0 radical (unpaired) electrons. The fraction of sp³-hybridized carbons (Fsp3) is 0.222. The topological polar surface area (TPSA) is 61.4 Å². The van der Waals surface area contributed by atoms with Crippen molar-refractivity contribution in [1.29, 1.82) is 0 Å². The van der Waals surface area contributed by atoms with Crippen LogP contribution < -0.4 is 15.2 Å². The zero-order valence-corrected chi connectivity index (χ0v) is 7.24. The van der Waals surface area contributed by atoms with Crippen molar-refractivity contribution < 1.29 is 14.6 Å². The highest BCUT2D eigenvalue weighted by Crippen LogP contribution is 2.22. The van der Waals surface area contributed by atoms with E-state index >= 15 is 0 Å². The van der Waals surface area contributed by atoms with Crippen LogP contribution in [0.3, 0.4) is 0 Å². The Balaban J connectivity index is 2.84. The Morgan fingerprint density at radius 3 is 2.85 bits per heavy atom. The van der Waals surface area contributed by atoms with Crippen molar-refractivity contribution >= 4 is 11.8 Å². The number of hydrogen-bond donors (Lipinski definition) is 1. The van der Waals surface area contributed by atoms with Gasteiger partial charge in [-0.3, -0.25) is 0 Å². The van der Waals surface area contributed by atoms with Gasteiger partial charge in [0.25, 0.3) is 0 Å². The van der Waals surface area contributed by atoms with Crippen LogP contribution in [0.4, 0.5) is 10.5 Å². The molecule has 4 nitrogen and oxygen atoms in total. The van der Waals surface area contributed by atoms with Crippen molar-refractivity contribution in [2.24, 2.45) is 0 Å². The van der Waals surface area contributed by atoms with Gasteiger partial charge in [-0.15, -0.1) is 0 Å². The van der Waals surface area contributed by atoms with Gasteiger partial charge in [-0.25, -0.2) is 0 Å². The SMILES string of the molecule is CCOc1ccccc1NC(=O)[O-]. The van der Waals surface area contributed by atoms with E-state index in [1.807, 2.05) is 6.92 Å². The fourth-order valence-corrected chi connectivity index (χ4v) is 0.961. The maximum Gasteiger partial charge on any atom is 0.142 e. The molecule has 1 aromatic rings. The quantitative estimate of drug-likeness (QED) is 0.749. The summed E-state index contributed by atoms with van der Waals surface area (Å²) >= 11 is 0. The van der Waals surface area contributed by atoms with Gasteiger partial charge in [0.15, 0.2) is 0 Å². The number of para-hydroxylation sites is 2. The molecule has 0 bridgehead atoms. The average molecular weight is 180 g/mol. The second-order valence-electron chi connectivity index (χ2n) is 2.34. The third-order valence-electron chi connectivity index (χ3n) is 1.42. The second kappa shape index (κ2) is 4.35. The summed E-state index contributed by atoms with van der Waals surface area (Å²) in [7, 11) is 0. The lowest BCUT2D eigenvalue weighted by Crippen LogP contribution is -2.28. The molecule has 1 rings (SSSR count). The molecule has 0 aliphatic rings. The summed E-state index contributed by atoms with van der Waals surface area (Å²) in [5.41, 5.74) is 0.407. The maximum absolute atomic E-state index is 10.2. The Morgan fingerprint density at radius 2 is 2.23 bits per heavy atom. The number of benzene rings is 1. The highest BCUT2D eigenvalue weighted by molar-refractivity contribution is 5.83. The molecule has 1 aromatic carbocycles. The van der Waals surface area contributed by atoms with Crippen molar-refractivity contribution in [1.82, 2.24) is 0 Å². The molecule has 13 heavy (non-hydrogen) atoms. The van der Waals surface area contributed by atoms with Crippen molar-refractivity contribution in [2.75, 3.05) is 11.9 Å². The molecule has 0 fully saturated rings. The second-order valence-corrected chi connectivity index (χ2v) is 2.34. The molecule has 0 aliphatic carbocycles. The van der Waals surface area contributed by atoms with Crippen LogP contribution in [-0.4, -0.2) is 12.7 Å². The molecule has 0 heterocycles. The van der Waals surface area contributed by atoms with E-state index in [4.69, 9.17) is 4.74 Å². The van der Waals surface area contributed by atoms with E-state index in [-0.39, 0.29) is 0 Å². The normalized spacial score (nSPS) is 9.31. The molecule has 4 heteroatoms. The first-order valence-electron chi connectivity index (χ1n) is 3.94. The van der Waals surface area contributed by atoms with Crippen molar-refractivity contribution in [3.05, 3.63) is 24.3 Å². The highest BCUT2D eigenvalue weighted by Gasteiger charge is 2.00. The van der Waals surface area contributed by atoms with Crippen molar-refractivity contribution in [3.63, 3.8) is 0 Å². The number of carbonyl (C=O) groups excluding carboxylic acids is 1. The molecule has 1 amide bonds. The molecule has 70 valence electrons. The number of carboxylic acid groups (broad SMARTS) is 1. The first-order valence-corrected chi connectivity index (χ1v) is 3.94. The standard InChI is InChI=1S/C9H11NO3/c1-2-13-8-6-4-3-5-7(8)10-9(11)12/h3-6,10H,2H2,1H3,(H,11,12)/p-1. The minimum Gasteiger partial charge on any atom is -0.530 e. The number of ether oxygens (including phenoxy) is 1. The van der Waals surface area contributed by atoms with Crippen LogP contribution in [0.5, 0.6) is 5.75 Å². The predicted molar refractivity (Wildman–Crippen MR) is 46.6 cm³/mol. The molecular formula is C9H10NO3-. The molecule has 0 saturated carbocycles. The molecule has 0 aliphatic heterocycles. The summed E-state index contributed by atoms with van der Waals surface area (Å²) in [4.78, 5) is 10.2. The summed E-state index contributed by atoms with van der Waals surface area (Å²) in [5.74, 6) is 0.509. The summed E-state index contributed by atoms with van der Waals surface area (Å²) in [6.45, 7) is 2.32. The van der Waals surface area contributed by atoms with Crippen molar-refractivity contribution in [2.45, 2.75) is 6.92 Å². The molecule has 0 atom stereocenters. The number of nitrogens with one attached hydrogen (secondary N) is 1. The van der Waals surface area contributed by atoms with Crippen LogP contribution in [0.2, 0.25) is 0 Å². The maximum atomic E-state index is 10.2. The van der Waals surface area contributed by atoms with Crippen molar-refractivity contribution in [3.8, 4) is 5.75 Å². The van der Waals surface area contributed by atoms with Crippen LogP contribution in [0, 0.1) is 0 Å². The monoisotopic (exact) mass is 180 g/mol. The van der Waals surface area contributed by atoms with E-state index in [0.717, 1.165) is 0 Å². The summed E-state index contributed by atoms with van der Waals surface area (Å²) < 4.78 is 5.18. The largest absolute Gasteiger partial charge is 0.530 e.